The average Bonchev–Trinajstić information content (AvgIpc) is 2.81. The smallest absolute Gasteiger partial charge is 0.269 e. The molecule has 0 radical (unpaired) electrons. The van der Waals surface area contributed by atoms with E-state index in [2.05, 4.69) is 15.8 Å². The molecule has 0 aromatic rings. The fraction of sp³-hybridized carbons (Fsp3) is 0.800. The van der Waals surface area contributed by atoms with Crippen LogP contribution in [0.25, 0.3) is 0 Å². The van der Waals surface area contributed by atoms with Gasteiger partial charge in [0.1, 0.15) is 12.3 Å². The van der Waals surface area contributed by atoms with E-state index < -0.39 is 0 Å². The van der Waals surface area contributed by atoms with Gasteiger partial charge in [0.25, 0.3) is 5.91 Å². The van der Waals surface area contributed by atoms with Crippen LogP contribution in [0.15, 0.2) is 5.16 Å². The SMILES string of the molecule is O=C(NCC1CCNCC1)C1=NOCC1. The van der Waals surface area contributed by atoms with Crippen LogP contribution in [0.3, 0.4) is 0 Å². The molecule has 2 aliphatic rings. The maximum Gasteiger partial charge on any atom is 0.269 e. The Bertz CT molecular complexity index is 259. The summed E-state index contributed by atoms with van der Waals surface area (Å²) in [5.41, 5.74) is 0.531. The molecule has 1 saturated heterocycles. The van der Waals surface area contributed by atoms with Gasteiger partial charge in [-0.1, -0.05) is 5.16 Å². The van der Waals surface area contributed by atoms with Crippen molar-refractivity contribution in [1.82, 2.24) is 10.6 Å². The molecule has 5 heteroatoms. The first kappa shape index (κ1) is 10.4. The second-order valence-electron chi connectivity index (χ2n) is 4.02. The number of nitrogens with one attached hydrogen (secondary N) is 2. The molecule has 84 valence electrons. The molecule has 5 nitrogen and oxygen atoms in total. The van der Waals surface area contributed by atoms with Crippen LogP contribution in [0.2, 0.25) is 0 Å². The summed E-state index contributed by atoms with van der Waals surface area (Å²) in [4.78, 5) is 16.3. The van der Waals surface area contributed by atoms with Crippen molar-refractivity contribution >= 4 is 11.6 Å². The Morgan fingerprint density at radius 1 is 1.53 bits per heavy atom. The van der Waals surface area contributed by atoms with E-state index in [0.29, 0.717) is 24.7 Å². The van der Waals surface area contributed by atoms with Gasteiger partial charge >= 0.3 is 0 Å². The van der Waals surface area contributed by atoms with Crippen molar-refractivity contribution in [2.45, 2.75) is 19.3 Å². The van der Waals surface area contributed by atoms with Crippen LogP contribution in [0.4, 0.5) is 0 Å². The minimum atomic E-state index is -0.0639. The minimum Gasteiger partial charge on any atom is -0.395 e. The highest BCUT2D eigenvalue weighted by molar-refractivity contribution is 6.39. The van der Waals surface area contributed by atoms with Crippen molar-refractivity contribution in [1.29, 1.82) is 0 Å². The van der Waals surface area contributed by atoms with Crippen LogP contribution < -0.4 is 10.6 Å². The fourth-order valence-corrected chi connectivity index (χ4v) is 1.89. The molecule has 2 rings (SSSR count). The third-order valence-electron chi connectivity index (χ3n) is 2.88. The molecule has 2 heterocycles. The lowest BCUT2D eigenvalue weighted by Crippen LogP contribution is -2.38. The number of hydrogen-bond donors (Lipinski definition) is 2. The van der Waals surface area contributed by atoms with Crippen molar-refractivity contribution < 1.29 is 9.63 Å². The van der Waals surface area contributed by atoms with Gasteiger partial charge in [0.2, 0.25) is 0 Å². The number of piperidine rings is 1. The van der Waals surface area contributed by atoms with E-state index in [9.17, 15) is 4.79 Å². The van der Waals surface area contributed by atoms with Gasteiger partial charge < -0.3 is 15.5 Å². The summed E-state index contributed by atoms with van der Waals surface area (Å²) >= 11 is 0. The van der Waals surface area contributed by atoms with Gasteiger partial charge in [0, 0.05) is 13.0 Å². The van der Waals surface area contributed by atoms with E-state index in [1.807, 2.05) is 0 Å². The van der Waals surface area contributed by atoms with Crippen LogP contribution in [-0.4, -0.2) is 37.9 Å². The Hall–Kier alpha value is -1.10. The molecular formula is C10H17N3O2. The molecule has 0 aromatic carbocycles. The number of oxime groups is 1. The Balaban J connectivity index is 1.70. The molecule has 2 aliphatic heterocycles. The van der Waals surface area contributed by atoms with Crippen molar-refractivity contribution in [2.75, 3.05) is 26.2 Å². The van der Waals surface area contributed by atoms with E-state index in [0.717, 1.165) is 32.5 Å². The van der Waals surface area contributed by atoms with Crippen LogP contribution >= 0.6 is 0 Å². The molecule has 1 amide bonds. The lowest BCUT2D eigenvalue weighted by atomic mass is 9.98. The normalized spacial score (nSPS) is 22.0. The average molecular weight is 211 g/mol. The zero-order valence-electron chi connectivity index (χ0n) is 8.79. The Kier molecular flexibility index (Phi) is 3.55. The van der Waals surface area contributed by atoms with E-state index in [4.69, 9.17) is 4.84 Å². The highest BCUT2D eigenvalue weighted by Crippen LogP contribution is 2.10. The molecule has 0 unspecified atom stereocenters. The molecule has 0 spiro atoms. The summed E-state index contributed by atoms with van der Waals surface area (Å²) in [6, 6.07) is 0. The van der Waals surface area contributed by atoms with Crippen molar-refractivity contribution in [3.8, 4) is 0 Å². The van der Waals surface area contributed by atoms with Crippen molar-refractivity contribution in [3.05, 3.63) is 0 Å². The number of carbonyl (C=O) groups is 1. The lowest BCUT2D eigenvalue weighted by Gasteiger charge is -2.22. The molecular weight excluding hydrogens is 194 g/mol. The maximum absolute atomic E-state index is 11.6. The number of carbonyl (C=O) groups excluding carboxylic acids is 1. The van der Waals surface area contributed by atoms with Crippen molar-refractivity contribution in [3.63, 3.8) is 0 Å². The summed E-state index contributed by atoms with van der Waals surface area (Å²) in [5, 5.41) is 9.91. The first-order valence-electron chi connectivity index (χ1n) is 5.54. The van der Waals surface area contributed by atoms with Gasteiger partial charge in [-0.05, 0) is 31.8 Å². The first-order chi connectivity index (χ1) is 7.36. The zero-order valence-corrected chi connectivity index (χ0v) is 8.79. The largest absolute Gasteiger partial charge is 0.395 e. The maximum atomic E-state index is 11.6. The Morgan fingerprint density at radius 2 is 2.33 bits per heavy atom. The van der Waals surface area contributed by atoms with Gasteiger partial charge in [-0.25, -0.2) is 0 Å². The molecule has 0 saturated carbocycles. The van der Waals surface area contributed by atoms with Gasteiger partial charge in [-0.15, -0.1) is 0 Å². The fourth-order valence-electron chi connectivity index (χ4n) is 1.89. The molecule has 0 atom stereocenters. The van der Waals surface area contributed by atoms with Crippen LogP contribution in [0.1, 0.15) is 19.3 Å². The number of rotatable bonds is 3. The monoisotopic (exact) mass is 211 g/mol. The van der Waals surface area contributed by atoms with Crippen LogP contribution in [0, 0.1) is 5.92 Å². The van der Waals surface area contributed by atoms with E-state index in [1.54, 1.807) is 0 Å². The highest BCUT2D eigenvalue weighted by atomic mass is 16.6. The van der Waals surface area contributed by atoms with Crippen LogP contribution in [0.5, 0.6) is 0 Å². The summed E-state index contributed by atoms with van der Waals surface area (Å²) in [6.07, 6.45) is 2.92. The quantitative estimate of drug-likeness (QED) is 0.684. The minimum absolute atomic E-state index is 0.0639. The molecule has 0 aliphatic carbocycles. The zero-order chi connectivity index (χ0) is 10.5. The summed E-state index contributed by atoms with van der Waals surface area (Å²) in [7, 11) is 0. The predicted octanol–water partition coefficient (Wildman–Crippen LogP) is -0.122. The molecule has 15 heavy (non-hydrogen) atoms. The topological polar surface area (TPSA) is 62.7 Å². The second kappa shape index (κ2) is 5.11. The van der Waals surface area contributed by atoms with Gasteiger partial charge in [0.15, 0.2) is 0 Å². The van der Waals surface area contributed by atoms with Crippen LogP contribution in [-0.2, 0) is 9.63 Å². The Labute approximate surface area is 89.2 Å². The predicted molar refractivity (Wildman–Crippen MR) is 56.6 cm³/mol. The molecule has 0 aromatic heterocycles. The summed E-state index contributed by atoms with van der Waals surface area (Å²) in [5.74, 6) is 0.546. The van der Waals surface area contributed by atoms with E-state index in [-0.39, 0.29) is 5.91 Å². The molecule has 2 N–H and O–H groups in total. The van der Waals surface area contributed by atoms with E-state index in [1.165, 1.54) is 0 Å². The molecule has 0 bridgehead atoms. The van der Waals surface area contributed by atoms with Crippen molar-refractivity contribution in [2.24, 2.45) is 11.1 Å². The third-order valence-corrected chi connectivity index (χ3v) is 2.88. The third kappa shape index (κ3) is 2.92. The summed E-state index contributed by atoms with van der Waals surface area (Å²) < 4.78 is 0. The highest BCUT2D eigenvalue weighted by Gasteiger charge is 2.19. The Morgan fingerprint density at radius 3 is 3.00 bits per heavy atom. The standard InChI is InChI=1S/C10H17N3O2/c14-10(9-3-6-15-13-9)12-7-8-1-4-11-5-2-8/h8,11H,1-7H2,(H,12,14). The van der Waals surface area contributed by atoms with Gasteiger partial charge in [-0.2, -0.15) is 0 Å². The first-order valence-corrected chi connectivity index (χ1v) is 5.54. The second-order valence-corrected chi connectivity index (χ2v) is 4.02. The van der Waals surface area contributed by atoms with Gasteiger partial charge in [0.05, 0.1) is 0 Å². The number of nitrogens with zero attached hydrogens (tertiary/aromatic N) is 1. The van der Waals surface area contributed by atoms with Gasteiger partial charge in [-0.3, -0.25) is 4.79 Å². The number of amides is 1. The lowest BCUT2D eigenvalue weighted by molar-refractivity contribution is -0.115. The summed E-state index contributed by atoms with van der Waals surface area (Å²) in [6.45, 7) is 3.42. The number of hydrogen-bond acceptors (Lipinski definition) is 4. The molecule has 1 fully saturated rings. The van der Waals surface area contributed by atoms with E-state index >= 15 is 0 Å².